The Labute approximate surface area is 112 Å². The highest BCUT2D eigenvalue weighted by atomic mass is 16.5. The fraction of sp³-hybridized carbons (Fsp3) is 0.615. The number of morpholine rings is 1. The van der Waals surface area contributed by atoms with Crippen molar-refractivity contribution in [3.8, 4) is 0 Å². The zero-order chi connectivity index (χ0) is 14.0. The summed E-state index contributed by atoms with van der Waals surface area (Å²) in [6.07, 6.45) is 2.70. The van der Waals surface area contributed by atoms with Crippen molar-refractivity contribution in [3.63, 3.8) is 0 Å². The normalized spacial score (nSPS) is 22.3. The maximum absolute atomic E-state index is 12.3. The van der Waals surface area contributed by atoms with Crippen LogP contribution in [0, 0.1) is 6.92 Å². The summed E-state index contributed by atoms with van der Waals surface area (Å²) in [5.74, 6) is -0.178. The Morgan fingerprint density at radius 2 is 2.26 bits per heavy atom. The van der Waals surface area contributed by atoms with E-state index in [2.05, 4.69) is 9.97 Å². The molecular weight excluding hydrogens is 246 g/mol. The maximum atomic E-state index is 12.3. The van der Waals surface area contributed by atoms with E-state index in [9.17, 15) is 9.90 Å². The average molecular weight is 265 g/mol. The van der Waals surface area contributed by atoms with E-state index >= 15 is 0 Å². The number of amides is 1. The van der Waals surface area contributed by atoms with Crippen molar-refractivity contribution in [2.75, 3.05) is 19.7 Å². The number of ether oxygens (including phenoxy) is 1. The van der Waals surface area contributed by atoms with Crippen LogP contribution in [0.5, 0.6) is 0 Å². The summed E-state index contributed by atoms with van der Waals surface area (Å²) in [7, 11) is 0. The number of rotatable bonds is 2. The lowest BCUT2D eigenvalue weighted by Gasteiger charge is -2.42. The van der Waals surface area contributed by atoms with E-state index < -0.39 is 5.60 Å². The molecule has 19 heavy (non-hydrogen) atoms. The molecule has 0 saturated carbocycles. The van der Waals surface area contributed by atoms with Crippen LogP contribution >= 0.6 is 0 Å². The minimum atomic E-state index is -0.473. The molecule has 1 aliphatic rings. The van der Waals surface area contributed by atoms with Crippen LogP contribution in [0.1, 0.15) is 30.0 Å². The summed E-state index contributed by atoms with van der Waals surface area (Å²) >= 11 is 0. The molecule has 2 rings (SSSR count). The lowest BCUT2D eigenvalue weighted by Crippen LogP contribution is -2.55. The topological polar surface area (TPSA) is 75.6 Å². The van der Waals surface area contributed by atoms with Gasteiger partial charge in [-0.2, -0.15) is 0 Å². The van der Waals surface area contributed by atoms with Crippen molar-refractivity contribution < 1.29 is 14.6 Å². The summed E-state index contributed by atoms with van der Waals surface area (Å²) in [5, 5.41) is 9.24. The van der Waals surface area contributed by atoms with Crippen molar-refractivity contribution in [3.05, 3.63) is 23.8 Å². The highest BCUT2D eigenvalue weighted by Crippen LogP contribution is 2.21. The third kappa shape index (κ3) is 3.27. The first kappa shape index (κ1) is 13.9. The molecule has 0 aromatic carbocycles. The van der Waals surface area contributed by atoms with Gasteiger partial charge in [-0.25, -0.2) is 4.98 Å². The molecule has 6 heteroatoms. The molecule has 0 radical (unpaired) electrons. The minimum absolute atomic E-state index is 0.104. The summed E-state index contributed by atoms with van der Waals surface area (Å²) in [6, 6.07) is 0. The zero-order valence-electron chi connectivity index (χ0n) is 11.5. The predicted molar refractivity (Wildman–Crippen MR) is 68.7 cm³/mol. The Morgan fingerprint density at radius 3 is 2.84 bits per heavy atom. The van der Waals surface area contributed by atoms with Crippen LogP contribution in [-0.4, -0.2) is 57.3 Å². The molecule has 1 fully saturated rings. The number of carbonyl (C=O) groups is 1. The number of hydrogen-bond donors (Lipinski definition) is 1. The SMILES string of the molecule is Cc1cnc(C(=O)N2CC(CO)OC(C)(C)C2)cn1. The van der Waals surface area contributed by atoms with Crippen LogP contribution < -0.4 is 0 Å². The minimum Gasteiger partial charge on any atom is -0.394 e. The molecule has 1 aliphatic heterocycles. The van der Waals surface area contributed by atoms with Gasteiger partial charge in [0, 0.05) is 19.3 Å². The van der Waals surface area contributed by atoms with Crippen molar-refractivity contribution in [1.82, 2.24) is 14.9 Å². The molecule has 0 aliphatic carbocycles. The number of carbonyl (C=O) groups excluding carboxylic acids is 1. The summed E-state index contributed by atoms with van der Waals surface area (Å²) in [6.45, 7) is 6.35. The highest BCUT2D eigenvalue weighted by molar-refractivity contribution is 5.92. The third-order valence-corrected chi connectivity index (χ3v) is 2.97. The van der Waals surface area contributed by atoms with E-state index in [4.69, 9.17) is 4.74 Å². The van der Waals surface area contributed by atoms with E-state index in [1.165, 1.54) is 6.20 Å². The van der Waals surface area contributed by atoms with Gasteiger partial charge in [0.15, 0.2) is 0 Å². The fourth-order valence-electron chi connectivity index (χ4n) is 2.21. The number of aromatic nitrogens is 2. The van der Waals surface area contributed by atoms with Crippen LogP contribution in [0.25, 0.3) is 0 Å². The largest absolute Gasteiger partial charge is 0.394 e. The fourth-order valence-corrected chi connectivity index (χ4v) is 2.21. The summed E-state index contributed by atoms with van der Waals surface area (Å²) in [5.41, 5.74) is 0.617. The highest BCUT2D eigenvalue weighted by Gasteiger charge is 2.35. The molecule has 0 bridgehead atoms. The van der Waals surface area contributed by atoms with E-state index in [0.29, 0.717) is 18.8 Å². The van der Waals surface area contributed by atoms with Crippen LogP contribution in [0.15, 0.2) is 12.4 Å². The van der Waals surface area contributed by atoms with Crippen LogP contribution in [0.2, 0.25) is 0 Å². The first-order valence-electron chi connectivity index (χ1n) is 6.28. The number of aryl methyl sites for hydroxylation is 1. The Bertz CT molecular complexity index is 459. The van der Waals surface area contributed by atoms with Crippen molar-refractivity contribution in [2.45, 2.75) is 32.5 Å². The molecule has 6 nitrogen and oxygen atoms in total. The van der Waals surface area contributed by atoms with Gasteiger partial charge >= 0.3 is 0 Å². The van der Waals surface area contributed by atoms with Crippen molar-refractivity contribution >= 4 is 5.91 Å². The van der Waals surface area contributed by atoms with E-state index in [-0.39, 0.29) is 18.6 Å². The summed E-state index contributed by atoms with van der Waals surface area (Å²) < 4.78 is 5.68. The Hall–Kier alpha value is -1.53. The lowest BCUT2D eigenvalue weighted by molar-refractivity contribution is -0.139. The first-order valence-corrected chi connectivity index (χ1v) is 6.28. The molecule has 1 amide bonds. The molecule has 1 N–H and O–H groups in total. The van der Waals surface area contributed by atoms with Crippen LogP contribution in [0.4, 0.5) is 0 Å². The lowest BCUT2D eigenvalue weighted by atomic mass is 10.0. The third-order valence-electron chi connectivity index (χ3n) is 2.97. The van der Waals surface area contributed by atoms with Gasteiger partial charge < -0.3 is 14.7 Å². The molecule has 1 aromatic heterocycles. The number of aliphatic hydroxyl groups is 1. The van der Waals surface area contributed by atoms with Crippen molar-refractivity contribution in [1.29, 1.82) is 0 Å². The standard InChI is InChI=1S/C13H19N3O3/c1-9-4-15-11(5-14-9)12(18)16-6-10(7-17)19-13(2,3)8-16/h4-5,10,17H,6-8H2,1-3H3. The molecule has 1 atom stereocenters. The first-order chi connectivity index (χ1) is 8.91. The van der Waals surface area contributed by atoms with Gasteiger partial charge in [-0.3, -0.25) is 9.78 Å². The molecule has 1 saturated heterocycles. The molecular formula is C13H19N3O3. The quantitative estimate of drug-likeness (QED) is 0.837. The predicted octanol–water partition coefficient (Wildman–Crippen LogP) is 0.397. The smallest absolute Gasteiger partial charge is 0.274 e. The number of aliphatic hydroxyl groups excluding tert-OH is 1. The van der Waals surface area contributed by atoms with Gasteiger partial charge in [0.1, 0.15) is 5.69 Å². The van der Waals surface area contributed by atoms with Crippen LogP contribution in [0.3, 0.4) is 0 Å². The molecule has 0 spiro atoms. The second kappa shape index (κ2) is 5.22. The van der Waals surface area contributed by atoms with Crippen molar-refractivity contribution in [2.24, 2.45) is 0 Å². The Morgan fingerprint density at radius 1 is 1.53 bits per heavy atom. The zero-order valence-corrected chi connectivity index (χ0v) is 11.5. The average Bonchev–Trinajstić information content (AvgIpc) is 2.37. The van der Waals surface area contributed by atoms with Gasteiger partial charge in [0.2, 0.25) is 0 Å². The number of hydrogen-bond acceptors (Lipinski definition) is 5. The van der Waals surface area contributed by atoms with Gasteiger partial charge in [-0.05, 0) is 20.8 Å². The van der Waals surface area contributed by atoms with Gasteiger partial charge in [-0.1, -0.05) is 0 Å². The molecule has 104 valence electrons. The molecule has 2 heterocycles. The van der Waals surface area contributed by atoms with E-state index in [1.54, 1.807) is 11.1 Å². The van der Waals surface area contributed by atoms with Gasteiger partial charge in [0.25, 0.3) is 5.91 Å². The number of nitrogens with zero attached hydrogens (tertiary/aromatic N) is 3. The van der Waals surface area contributed by atoms with E-state index in [0.717, 1.165) is 5.69 Å². The van der Waals surface area contributed by atoms with Gasteiger partial charge in [0.05, 0.1) is 30.2 Å². The molecule has 1 unspecified atom stereocenters. The summed E-state index contributed by atoms with van der Waals surface area (Å²) in [4.78, 5) is 22.2. The second-order valence-electron chi connectivity index (χ2n) is 5.41. The van der Waals surface area contributed by atoms with E-state index in [1.807, 2.05) is 20.8 Å². The monoisotopic (exact) mass is 265 g/mol. The maximum Gasteiger partial charge on any atom is 0.274 e. The Balaban J connectivity index is 2.16. The second-order valence-corrected chi connectivity index (χ2v) is 5.41. The molecule has 1 aromatic rings. The Kier molecular flexibility index (Phi) is 3.82. The van der Waals surface area contributed by atoms with Crippen LogP contribution in [-0.2, 0) is 4.74 Å². The van der Waals surface area contributed by atoms with Gasteiger partial charge in [-0.15, -0.1) is 0 Å².